The number of aliphatic hydroxyl groups excluding tert-OH is 1. The van der Waals surface area contributed by atoms with Crippen LogP contribution in [0.2, 0.25) is 0 Å². The normalized spacial score (nSPS) is 25.1. The van der Waals surface area contributed by atoms with Crippen LogP contribution in [0.1, 0.15) is 37.4 Å². The summed E-state index contributed by atoms with van der Waals surface area (Å²) in [5.74, 6) is 0. The largest absolute Gasteiger partial charge is 0.393 e. The van der Waals surface area contributed by atoms with E-state index < -0.39 is 0 Å². The van der Waals surface area contributed by atoms with Gasteiger partial charge in [0.25, 0.3) is 0 Å². The molecule has 0 radical (unpaired) electrons. The van der Waals surface area contributed by atoms with Gasteiger partial charge in [-0.25, -0.2) is 4.98 Å². The van der Waals surface area contributed by atoms with E-state index in [1.807, 2.05) is 30.6 Å². The molecule has 0 aliphatic carbocycles. The van der Waals surface area contributed by atoms with Crippen molar-refractivity contribution in [3.8, 4) is 0 Å². The second kappa shape index (κ2) is 6.62. The summed E-state index contributed by atoms with van der Waals surface area (Å²) in [4.78, 5) is 6.71. The van der Waals surface area contributed by atoms with Gasteiger partial charge in [-0.1, -0.05) is 30.3 Å². The molecule has 2 N–H and O–H groups in total. The van der Waals surface area contributed by atoms with Crippen molar-refractivity contribution >= 4 is 16.7 Å². The molecule has 1 spiro atoms. The Balaban J connectivity index is 1.35. The van der Waals surface area contributed by atoms with Gasteiger partial charge >= 0.3 is 0 Å². The number of H-pyrrole nitrogens is 1. The van der Waals surface area contributed by atoms with E-state index in [2.05, 4.69) is 38.3 Å². The number of aromatic amines is 1. The maximum absolute atomic E-state index is 10.5. The Morgan fingerprint density at radius 2 is 1.96 bits per heavy atom. The molecule has 2 aliphatic heterocycles. The third-order valence-electron chi connectivity index (χ3n) is 6.00. The number of piperidine rings is 1. The summed E-state index contributed by atoms with van der Waals surface area (Å²) in [6, 6.07) is 12.3. The molecule has 2 aromatic heterocycles. The third-order valence-corrected chi connectivity index (χ3v) is 6.00. The predicted molar refractivity (Wildman–Crippen MR) is 104 cm³/mol. The third kappa shape index (κ3) is 3.09. The highest BCUT2D eigenvalue weighted by atomic mass is 16.5. The lowest BCUT2D eigenvalue weighted by Gasteiger charge is -2.48. The zero-order chi connectivity index (χ0) is 18.3. The van der Waals surface area contributed by atoms with Gasteiger partial charge in [-0.3, -0.25) is 5.10 Å². The van der Waals surface area contributed by atoms with Gasteiger partial charge in [-0.2, -0.15) is 5.10 Å². The van der Waals surface area contributed by atoms with Gasteiger partial charge in [0.05, 0.1) is 35.1 Å². The molecule has 27 heavy (non-hydrogen) atoms. The first kappa shape index (κ1) is 16.7. The Kier molecular flexibility index (Phi) is 4.10. The van der Waals surface area contributed by atoms with E-state index in [-0.39, 0.29) is 17.8 Å². The zero-order valence-electron chi connectivity index (χ0n) is 15.2. The van der Waals surface area contributed by atoms with Crippen LogP contribution in [0, 0.1) is 0 Å². The molecule has 5 rings (SSSR count). The van der Waals surface area contributed by atoms with Crippen LogP contribution >= 0.6 is 0 Å². The fraction of sp³-hybridized carbons (Fsp3) is 0.429. The fourth-order valence-corrected chi connectivity index (χ4v) is 4.62. The molecule has 6 heteroatoms. The van der Waals surface area contributed by atoms with Crippen LogP contribution in [0.3, 0.4) is 0 Å². The number of benzene rings is 1. The number of rotatable bonds is 2. The van der Waals surface area contributed by atoms with Crippen LogP contribution < -0.4 is 4.90 Å². The average Bonchev–Trinajstić information content (AvgIpc) is 3.18. The number of anilines is 1. The molecular weight excluding hydrogens is 340 g/mol. The second-order valence-corrected chi connectivity index (χ2v) is 7.74. The smallest absolute Gasteiger partial charge is 0.157 e. The molecule has 3 aromatic rings. The van der Waals surface area contributed by atoms with Gasteiger partial charge in [0.2, 0.25) is 0 Å². The minimum Gasteiger partial charge on any atom is -0.393 e. The van der Waals surface area contributed by atoms with Crippen LogP contribution in [0.5, 0.6) is 0 Å². The Hall–Kier alpha value is -2.44. The Labute approximate surface area is 158 Å². The summed E-state index contributed by atoms with van der Waals surface area (Å²) in [6.07, 6.45) is 6.56. The Morgan fingerprint density at radius 3 is 2.78 bits per heavy atom. The predicted octanol–water partition coefficient (Wildman–Crippen LogP) is 3.21. The van der Waals surface area contributed by atoms with Crippen molar-refractivity contribution in [2.45, 2.75) is 43.5 Å². The summed E-state index contributed by atoms with van der Waals surface area (Å²) in [7, 11) is 0. The number of aromatic nitrogens is 3. The van der Waals surface area contributed by atoms with Crippen LogP contribution in [0.4, 0.5) is 5.69 Å². The first-order valence-electron chi connectivity index (χ1n) is 9.66. The number of fused-ring (bicyclic) bond motifs is 1. The van der Waals surface area contributed by atoms with E-state index in [0.717, 1.165) is 48.9 Å². The first-order valence-corrected chi connectivity index (χ1v) is 9.66. The highest BCUT2D eigenvalue weighted by Crippen LogP contribution is 2.43. The summed E-state index contributed by atoms with van der Waals surface area (Å²) in [6.45, 7) is 1.80. The SMILES string of the molecule is O[C@@H]1C[C@H](c2ccccc2)OC2(CCN(c3ccnc4[nH]ncc34)CC2)C1. The second-order valence-electron chi connectivity index (χ2n) is 7.74. The van der Waals surface area contributed by atoms with E-state index in [4.69, 9.17) is 4.74 Å². The Bertz CT molecular complexity index is 918. The van der Waals surface area contributed by atoms with Crippen molar-refractivity contribution in [1.29, 1.82) is 0 Å². The lowest BCUT2D eigenvalue weighted by molar-refractivity contribution is -0.173. The van der Waals surface area contributed by atoms with E-state index in [1.54, 1.807) is 0 Å². The van der Waals surface area contributed by atoms with Crippen molar-refractivity contribution in [2.24, 2.45) is 0 Å². The highest BCUT2D eigenvalue weighted by Gasteiger charge is 2.43. The zero-order valence-corrected chi connectivity index (χ0v) is 15.2. The van der Waals surface area contributed by atoms with Crippen LogP contribution in [-0.2, 0) is 4.74 Å². The minimum absolute atomic E-state index is 0.0250. The number of nitrogens with one attached hydrogen (secondary N) is 1. The monoisotopic (exact) mass is 364 g/mol. The average molecular weight is 364 g/mol. The molecule has 0 saturated carbocycles. The van der Waals surface area contributed by atoms with Gasteiger partial charge in [0.1, 0.15) is 0 Å². The maximum atomic E-state index is 10.5. The van der Waals surface area contributed by atoms with Crippen molar-refractivity contribution in [3.05, 3.63) is 54.4 Å². The standard InChI is InChI=1S/C21H24N4O2/c26-16-12-19(15-4-2-1-3-5-15)27-21(13-16)7-10-25(11-8-21)18-6-9-22-20-17(18)14-23-24-20/h1-6,9,14,16,19,26H,7-8,10-13H2,(H,22,23,24)/t16-,19-/m1/s1. The van der Waals surface area contributed by atoms with Crippen LogP contribution in [0.25, 0.3) is 11.0 Å². The number of pyridine rings is 1. The summed E-state index contributed by atoms with van der Waals surface area (Å²) in [5.41, 5.74) is 2.91. The quantitative estimate of drug-likeness (QED) is 0.730. The minimum atomic E-state index is -0.308. The number of hydrogen-bond acceptors (Lipinski definition) is 5. The fourth-order valence-electron chi connectivity index (χ4n) is 4.62. The molecule has 6 nitrogen and oxygen atoms in total. The van der Waals surface area contributed by atoms with Gasteiger partial charge < -0.3 is 14.7 Å². The maximum Gasteiger partial charge on any atom is 0.157 e. The molecule has 0 amide bonds. The molecule has 2 atom stereocenters. The molecule has 0 unspecified atom stereocenters. The van der Waals surface area contributed by atoms with E-state index >= 15 is 0 Å². The Morgan fingerprint density at radius 1 is 1.15 bits per heavy atom. The summed E-state index contributed by atoms with van der Waals surface area (Å²) < 4.78 is 6.61. The lowest BCUT2D eigenvalue weighted by atomic mass is 9.80. The first-order chi connectivity index (χ1) is 13.2. The summed E-state index contributed by atoms with van der Waals surface area (Å²) in [5, 5.41) is 18.7. The molecular formula is C21H24N4O2. The number of aliphatic hydroxyl groups is 1. The van der Waals surface area contributed by atoms with E-state index in [1.165, 1.54) is 5.69 Å². The molecule has 0 bridgehead atoms. The van der Waals surface area contributed by atoms with Gasteiger partial charge in [-0.05, 0) is 24.5 Å². The van der Waals surface area contributed by atoms with Gasteiger partial charge in [0, 0.05) is 32.1 Å². The number of nitrogens with zero attached hydrogens (tertiary/aromatic N) is 3. The van der Waals surface area contributed by atoms with Gasteiger partial charge in [-0.15, -0.1) is 0 Å². The lowest BCUT2D eigenvalue weighted by Crippen LogP contribution is -2.51. The van der Waals surface area contributed by atoms with Crippen molar-refractivity contribution in [1.82, 2.24) is 15.2 Å². The molecule has 4 heterocycles. The number of ether oxygens (including phenoxy) is 1. The van der Waals surface area contributed by atoms with E-state index in [9.17, 15) is 5.11 Å². The van der Waals surface area contributed by atoms with Crippen LogP contribution in [0.15, 0.2) is 48.8 Å². The summed E-state index contributed by atoms with van der Waals surface area (Å²) >= 11 is 0. The topological polar surface area (TPSA) is 74.3 Å². The van der Waals surface area contributed by atoms with Gasteiger partial charge in [0.15, 0.2) is 5.65 Å². The molecule has 2 aliphatic rings. The van der Waals surface area contributed by atoms with E-state index in [0.29, 0.717) is 6.42 Å². The molecule has 140 valence electrons. The van der Waals surface area contributed by atoms with Crippen molar-refractivity contribution in [3.63, 3.8) is 0 Å². The highest BCUT2D eigenvalue weighted by molar-refractivity contribution is 5.88. The molecule has 2 fully saturated rings. The van der Waals surface area contributed by atoms with Crippen molar-refractivity contribution < 1.29 is 9.84 Å². The van der Waals surface area contributed by atoms with Crippen molar-refractivity contribution in [2.75, 3.05) is 18.0 Å². The molecule has 2 saturated heterocycles. The number of hydrogen-bond donors (Lipinski definition) is 2. The molecule has 1 aromatic carbocycles. The van der Waals surface area contributed by atoms with Crippen LogP contribution in [-0.4, -0.2) is 45.1 Å².